The zero-order valence-electron chi connectivity index (χ0n) is 13.9. The molecule has 1 aliphatic carbocycles. The second-order valence-electron chi connectivity index (χ2n) is 6.20. The van der Waals surface area contributed by atoms with E-state index in [4.69, 9.17) is 4.74 Å². The molecule has 0 saturated heterocycles. The summed E-state index contributed by atoms with van der Waals surface area (Å²) < 4.78 is 5.11. The predicted molar refractivity (Wildman–Crippen MR) is 87.5 cm³/mol. The molecule has 0 aromatic heterocycles. The van der Waals surface area contributed by atoms with Gasteiger partial charge in [0, 0.05) is 13.5 Å². The molecule has 23 heavy (non-hydrogen) atoms. The number of carbonyl (C=O) groups is 2. The second kappa shape index (κ2) is 7.49. The molecule has 1 aliphatic rings. The largest absolute Gasteiger partial charge is 0.497 e. The zero-order chi connectivity index (χ0) is 16.9. The minimum absolute atomic E-state index is 0.106. The highest BCUT2D eigenvalue weighted by Gasteiger charge is 2.45. The Kier molecular flexibility index (Phi) is 5.64. The summed E-state index contributed by atoms with van der Waals surface area (Å²) in [4.78, 5) is 25.7. The van der Waals surface area contributed by atoms with Gasteiger partial charge in [0.25, 0.3) is 0 Å². The summed E-state index contributed by atoms with van der Waals surface area (Å²) in [7, 11) is 3.25. The Morgan fingerprint density at radius 3 is 2.30 bits per heavy atom. The van der Waals surface area contributed by atoms with E-state index in [0.29, 0.717) is 25.7 Å². The lowest BCUT2D eigenvalue weighted by Crippen LogP contribution is -2.56. The first kappa shape index (κ1) is 17.3. The number of aliphatic carboxylic acids is 1. The Morgan fingerprint density at radius 1 is 1.17 bits per heavy atom. The first-order valence-corrected chi connectivity index (χ1v) is 8.12. The van der Waals surface area contributed by atoms with Crippen molar-refractivity contribution in [3.8, 4) is 5.75 Å². The predicted octanol–water partition coefficient (Wildman–Crippen LogP) is 2.87. The normalized spacial score (nSPS) is 16.6. The fourth-order valence-electron chi connectivity index (χ4n) is 3.28. The van der Waals surface area contributed by atoms with Gasteiger partial charge in [-0.2, -0.15) is 0 Å². The summed E-state index contributed by atoms with van der Waals surface area (Å²) >= 11 is 0. The number of carbonyl (C=O) groups excluding carboxylic acids is 1. The third kappa shape index (κ3) is 3.84. The molecule has 126 valence electrons. The Labute approximate surface area is 137 Å². The van der Waals surface area contributed by atoms with Crippen molar-refractivity contribution < 1.29 is 19.4 Å². The molecular formula is C18H25NO4. The van der Waals surface area contributed by atoms with Crippen LogP contribution in [0.4, 0.5) is 0 Å². The fourth-order valence-corrected chi connectivity index (χ4v) is 3.28. The van der Waals surface area contributed by atoms with Gasteiger partial charge in [-0.05, 0) is 37.0 Å². The van der Waals surface area contributed by atoms with Crippen molar-refractivity contribution >= 4 is 11.9 Å². The van der Waals surface area contributed by atoms with Gasteiger partial charge in [-0.15, -0.1) is 0 Å². The van der Waals surface area contributed by atoms with Gasteiger partial charge in [-0.25, -0.2) is 4.79 Å². The van der Waals surface area contributed by atoms with Gasteiger partial charge in [0.05, 0.1) is 7.11 Å². The summed E-state index contributed by atoms with van der Waals surface area (Å²) in [6.07, 6.45) is 4.79. The SMILES string of the molecule is COc1ccc(CCC(=O)N(C)C2(C(=O)O)CCCCC2)cc1. The number of aryl methyl sites for hydroxylation is 1. The fraction of sp³-hybridized carbons (Fsp3) is 0.556. The topological polar surface area (TPSA) is 66.8 Å². The minimum atomic E-state index is -1.02. The number of benzene rings is 1. The summed E-state index contributed by atoms with van der Waals surface area (Å²) in [5.74, 6) is -0.202. The van der Waals surface area contributed by atoms with Crippen LogP contribution in [0, 0.1) is 0 Å². The smallest absolute Gasteiger partial charge is 0.329 e. The Balaban J connectivity index is 1.99. The Hall–Kier alpha value is -2.04. The Morgan fingerprint density at radius 2 is 1.78 bits per heavy atom. The molecule has 1 fully saturated rings. The number of methoxy groups -OCH3 is 1. The van der Waals surface area contributed by atoms with Crippen LogP contribution in [0.3, 0.4) is 0 Å². The molecule has 2 rings (SSSR count). The van der Waals surface area contributed by atoms with Crippen molar-refractivity contribution in [2.75, 3.05) is 14.2 Å². The van der Waals surface area contributed by atoms with E-state index >= 15 is 0 Å². The third-order valence-electron chi connectivity index (χ3n) is 4.88. The van der Waals surface area contributed by atoms with Crippen molar-refractivity contribution in [2.24, 2.45) is 0 Å². The maximum atomic E-state index is 12.5. The molecule has 0 bridgehead atoms. The highest BCUT2D eigenvalue weighted by Crippen LogP contribution is 2.33. The number of ether oxygens (including phenoxy) is 1. The van der Waals surface area contributed by atoms with Crippen molar-refractivity contribution in [1.82, 2.24) is 4.90 Å². The third-order valence-corrected chi connectivity index (χ3v) is 4.88. The Bertz CT molecular complexity index is 547. The van der Waals surface area contributed by atoms with Crippen LogP contribution in [-0.4, -0.2) is 41.6 Å². The van der Waals surface area contributed by atoms with Crippen LogP contribution in [-0.2, 0) is 16.0 Å². The molecule has 1 saturated carbocycles. The molecule has 1 aromatic rings. The van der Waals surface area contributed by atoms with E-state index in [1.165, 1.54) is 4.90 Å². The van der Waals surface area contributed by atoms with Crippen LogP contribution < -0.4 is 4.74 Å². The number of amides is 1. The molecule has 5 heteroatoms. The molecule has 0 unspecified atom stereocenters. The monoisotopic (exact) mass is 319 g/mol. The molecule has 1 aromatic carbocycles. The quantitative estimate of drug-likeness (QED) is 0.875. The number of rotatable bonds is 6. The van der Waals surface area contributed by atoms with Crippen LogP contribution in [0.2, 0.25) is 0 Å². The second-order valence-corrected chi connectivity index (χ2v) is 6.20. The van der Waals surface area contributed by atoms with Crippen molar-refractivity contribution in [3.05, 3.63) is 29.8 Å². The molecule has 0 spiro atoms. The standard InChI is InChI=1S/C18H25NO4/c1-19(18(17(21)22)12-4-3-5-13-18)16(20)11-8-14-6-9-15(23-2)10-7-14/h6-7,9-10H,3-5,8,11-13H2,1-2H3,(H,21,22). The molecule has 0 atom stereocenters. The van der Waals surface area contributed by atoms with Crippen molar-refractivity contribution in [1.29, 1.82) is 0 Å². The summed E-state index contributed by atoms with van der Waals surface area (Å²) in [6.45, 7) is 0. The van der Waals surface area contributed by atoms with Gasteiger partial charge in [-0.3, -0.25) is 4.79 Å². The first-order chi connectivity index (χ1) is 11.0. The van der Waals surface area contributed by atoms with Crippen LogP contribution in [0.25, 0.3) is 0 Å². The average molecular weight is 319 g/mol. The van der Waals surface area contributed by atoms with E-state index in [-0.39, 0.29) is 5.91 Å². The van der Waals surface area contributed by atoms with Crippen molar-refractivity contribution in [3.63, 3.8) is 0 Å². The number of hydrogen-bond donors (Lipinski definition) is 1. The van der Waals surface area contributed by atoms with Crippen molar-refractivity contribution in [2.45, 2.75) is 50.5 Å². The minimum Gasteiger partial charge on any atom is -0.497 e. The van der Waals surface area contributed by atoms with E-state index in [1.54, 1.807) is 14.2 Å². The molecular weight excluding hydrogens is 294 g/mol. The average Bonchev–Trinajstić information content (AvgIpc) is 2.59. The van der Waals surface area contributed by atoms with E-state index in [2.05, 4.69) is 0 Å². The number of likely N-dealkylation sites (N-methyl/N-ethyl adjacent to an activating group) is 1. The van der Waals surface area contributed by atoms with Crippen LogP contribution in [0.1, 0.15) is 44.1 Å². The molecule has 1 N–H and O–H groups in total. The van der Waals surface area contributed by atoms with Gasteiger partial charge in [-0.1, -0.05) is 31.4 Å². The first-order valence-electron chi connectivity index (χ1n) is 8.12. The molecule has 5 nitrogen and oxygen atoms in total. The molecule has 0 radical (unpaired) electrons. The zero-order valence-corrected chi connectivity index (χ0v) is 13.9. The summed E-state index contributed by atoms with van der Waals surface area (Å²) in [5, 5.41) is 9.64. The van der Waals surface area contributed by atoms with Crippen LogP contribution in [0.15, 0.2) is 24.3 Å². The maximum absolute atomic E-state index is 12.5. The number of carboxylic acid groups (broad SMARTS) is 1. The van der Waals surface area contributed by atoms with Gasteiger partial charge >= 0.3 is 5.97 Å². The lowest BCUT2D eigenvalue weighted by molar-refractivity contribution is -0.160. The number of hydrogen-bond acceptors (Lipinski definition) is 3. The molecule has 0 aliphatic heterocycles. The summed E-state index contributed by atoms with van der Waals surface area (Å²) in [5.41, 5.74) is 0.0236. The number of carboxylic acids is 1. The maximum Gasteiger partial charge on any atom is 0.329 e. The van der Waals surface area contributed by atoms with Gasteiger partial charge < -0.3 is 14.7 Å². The van der Waals surface area contributed by atoms with Gasteiger partial charge in [0.1, 0.15) is 11.3 Å². The van der Waals surface area contributed by atoms with E-state index in [0.717, 1.165) is 30.6 Å². The summed E-state index contributed by atoms with van der Waals surface area (Å²) in [6, 6.07) is 7.59. The highest BCUT2D eigenvalue weighted by atomic mass is 16.5. The van der Waals surface area contributed by atoms with Crippen LogP contribution >= 0.6 is 0 Å². The molecule has 0 heterocycles. The molecule has 1 amide bonds. The van der Waals surface area contributed by atoms with E-state index < -0.39 is 11.5 Å². The van der Waals surface area contributed by atoms with Gasteiger partial charge in [0.2, 0.25) is 5.91 Å². The highest BCUT2D eigenvalue weighted by molar-refractivity contribution is 5.87. The lowest BCUT2D eigenvalue weighted by Gasteiger charge is -2.41. The number of nitrogens with zero attached hydrogens (tertiary/aromatic N) is 1. The lowest BCUT2D eigenvalue weighted by atomic mass is 9.80. The van der Waals surface area contributed by atoms with E-state index in [9.17, 15) is 14.7 Å². The van der Waals surface area contributed by atoms with E-state index in [1.807, 2.05) is 24.3 Å². The van der Waals surface area contributed by atoms with Gasteiger partial charge in [0.15, 0.2) is 0 Å². The van der Waals surface area contributed by atoms with Crippen LogP contribution in [0.5, 0.6) is 5.75 Å².